The zero-order valence-corrected chi connectivity index (χ0v) is 12.1. The maximum absolute atomic E-state index is 13.7. The van der Waals surface area contributed by atoms with Crippen molar-refractivity contribution in [1.29, 1.82) is 0 Å². The molecule has 0 aliphatic carbocycles. The molecule has 1 nitrogen and oxygen atoms in total. The molecule has 0 fully saturated rings. The van der Waals surface area contributed by atoms with Crippen LogP contribution in [0.3, 0.4) is 0 Å². The van der Waals surface area contributed by atoms with Crippen molar-refractivity contribution in [3.63, 3.8) is 0 Å². The van der Waals surface area contributed by atoms with Gasteiger partial charge in [-0.15, -0.1) is 0 Å². The summed E-state index contributed by atoms with van der Waals surface area (Å²) >= 11 is 17.9. The minimum absolute atomic E-state index is 0.298. The Hall–Kier alpha value is -0.800. The molecular formula is C14H11Cl3FN. The lowest BCUT2D eigenvalue weighted by molar-refractivity contribution is 0.593. The van der Waals surface area contributed by atoms with E-state index in [1.54, 1.807) is 24.3 Å². The fourth-order valence-electron chi connectivity index (χ4n) is 1.85. The van der Waals surface area contributed by atoms with Gasteiger partial charge in [0.15, 0.2) is 0 Å². The summed E-state index contributed by atoms with van der Waals surface area (Å²) in [6, 6.07) is 9.16. The van der Waals surface area contributed by atoms with Gasteiger partial charge in [-0.3, -0.25) is 0 Å². The van der Waals surface area contributed by atoms with Gasteiger partial charge in [-0.1, -0.05) is 46.9 Å². The molecule has 0 saturated carbocycles. The third-order valence-electron chi connectivity index (χ3n) is 2.83. The van der Waals surface area contributed by atoms with Crippen molar-refractivity contribution < 1.29 is 4.39 Å². The number of nitrogens with two attached hydrogens (primary N) is 1. The summed E-state index contributed by atoms with van der Waals surface area (Å²) in [5.74, 6) is -0.335. The van der Waals surface area contributed by atoms with Crippen LogP contribution in [0.25, 0.3) is 0 Å². The molecule has 2 aromatic rings. The topological polar surface area (TPSA) is 26.0 Å². The van der Waals surface area contributed by atoms with Crippen molar-refractivity contribution in [2.75, 3.05) is 0 Å². The molecule has 0 aliphatic heterocycles. The van der Waals surface area contributed by atoms with Crippen molar-refractivity contribution >= 4 is 34.8 Å². The van der Waals surface area contributed by atoms with Crippen LogP contribution in [-0.2, 0) is 6.42 Å². The summed E-state index contributed by atoms with van der Waals surface area (Å²) in [6.07, 6.45) is 0.298. The number of rotatable bonds is 3. The summed E-state index contributed by atoms with van der Waals surface area (Å²) in [5, 5.41) is 1.31. The van der Waals surface area contributed by atoms with Crippen LogP contribution in [0.5, 0.6) is 0 Å². The first-order chi connectivity index (χ1) is 8.99. The molecule has 0 aromatic heterocycles. The molecule has 0 heterocycles. The first-order valence-corrected chi connectivity index (χ1v) is 6.76. The van der Waals surface area contributed by atoms with E-state index in [4.69, 9.17) is 40.5 Å². The normalized spacial score (nSPS) is 12.5. The highest BCUT2D eigenvalue weighted by molar-refractivity contribution is 6.42. The SMILES string of the molecule is NC(Cc1cc(Cl)ccc1F)c1cccc(Cl)c1Cl. The van der Waals surface area contributed by atoms with Gasteiger partial charge in [-0.2, -0.15) is 0 Å². The highest BCUT2D eigenvalue weighted by Gasteiger charge is 2.15. The van der Waals surface area contributed by atoms with Gasteiger partial charge < -0.3 is 5.73 Å². The molecular weight excluding hydrogens is 308 g/mol. The molecule has 1 unspecified atom stereocenters. The zero-order chi connectivity index (χ0) is 14.0. The molecule has 100 valence electrons. The Balaban J connectivity index is 2.28. The van der Waals surface area contributed by atoms with E-state index in [1.807, 2.05) is 0 Å². The molecule has 0 radical (unpaired) electrons. The zero-order valence-electron chi connectivity index (χ0n) is 9.84. The Labute approximate surface area is 126 Å². The molecule has 5 heteroatoms. The molecule has 2 rings (SSSR count). The molecule has 0 amide bonds. The van der Waals surface area contributed by atoms with Crippen molar-refractivity contribution in [2.24, 2.45) is 5.73 Å². The molecule has 19 heavy (non-hydrogen) atoms. The van der Waals surface area contributed by atoms with Crippen LogP contribution in [0.2, 0.25) is 15.1 Å². The minimum atomic E-state index is -0.445. The number of hydrogen-bond donors (Lipinski definition) is 1. The molecule has 0 bridgehead atoms. The lowest BCUT2D eigenvalue weighted by atomic mass is 9.99. The first kappa shape index (κ1) is 14.6. The largest absolute Gasteiger partial charge is 0.324 e. The Bertz CT molecular complexity index is 601. The van der Waals surface area contributed by atoms with Crippen LogP contribution < -0.4 is 5.73 Å². The van der Waals surface area contributed by atoms with E-state index in [2.05, 4.69) is 0 Å². The quantitative estimate of drug-likeness (QED) is 0.844. The Kier molecular flexibility index (Phi) is 4.69. The van der Waals surface area contributed by atoms with Gasteiger partial charge in [-0.25, -0.2) is 4.39 Å². The van der Waals surface area contributed by atoms with Gasteiger partial charge in [0.1, 0.15) is 5.82 Å². The van der Waals surface area contributed by atoms with E-state index in [-0.39, 0.29) is 5.82 Å². The van der Waals surface area contributed by atoms with Crippen LogP contribution in [0.4, 0.5) is 4.39 Å². The number of halogens is 4. The van der Waals surface area contributed by atoms with E-state index in [9.17, 15) is 4.39 Å². The Morgan fingerprint density at radius 1 is 1.11 bits per heavy atom. The third kappa shape index (κ3) is 3.40. The molecule has 2 aromatic carbocycles. The predicted molar refractivity (Wildman–Crippen MR) is 78.5 cm³/mol. The van der Waals surface area contributed by atoms with Crippen molar-refractivity contribution in [3.8, 4) is 0 Å². The standard InChI is InChI=1S/C14H11Cl3FN/c15-9-4-5-12(18)8(6-9)7-13(19)10-2-1-3-11(16)14(10)17/h1-6,13H,7,19H2. The molecule has 2 N–H and O–H groups in total. The van der Waals surface area contributed by atoms with E-state index < -0.39 is 6.04 Å². The summed E-state index contributed by atoms with van der Waals surface area (Å²) in [6.45, 7) is 0. The van der Waals surface area contributed by atoms with E-state index >= 15 is 0 Å². The highest BCUT2D eigenvalue weighted by Crippen LogP contribution is 2.31. The van der Waals surface area contributed by atoms with E-state index in [0.29, 0.717) is 32.6 Å². The van der Waals surface area contributed by atoms with Crippen molar-refractivity contribution in [3.05, 3.63) is 68.4 Å². The second-order valence-corrected chi connectivity index (χ2v) is 5.41. The predicted octanol–water partition coefficient (Wildman–Crippen LogP) is 5.03. The van der Waals surface area contributed by atoms with E-state index in [0.717, 1.165) is 0 Å². The average Bonchev–Trinajstić information content (AvgIpc) is 2.37. The van der Waals surface area contributed by atoms with Crippen LogP contribution in [-0.4, -0.2) is 0 Å². The van der Waals surface area contributed by atoms with Crippen LogP contribution in [0.15, 0.2) is 36.4 Å². The van der Waals surface area contributed by atoms with Crippen molar-refractivity contribution in [2.45, 2.75) is 12.5 Å². The Morgan fingerprint density at radius 3 is 2.58 bits per heavy atom. The molecule has 1 atom stereocenters. The minimum Gasteiger partial charge on any atom is -0.324 e. The second-order valence-electron chi connectivity index (χ2n) is 4.19. The van der Waals surface area contributed by atoms with Crippen LogP contribution in [0, 0.1) is 5.82 Å². The van der Waals surface area contributed by atoms with Gasteiger partial charge in [0.2, 0.25) is 0 Å². The van der Waals surface area contributed by atoms with Gasteiger partial charge in [0.05, 0.1) is 10.0 Å². The molecule has 0 spiro atoms. The van der Waals surface area contributed by atoms with E-state index in [1.165, 1.54) is 12.1 Å². The first-order valence-electron chi connectivity index (χ1n) is 5.62. The summed E-state index contributed by atoms with van der Waals surface area (Å²) in [4.78, 5) is 0. The molecule has 0 aliphatic rings. The van der Waals surface area contributed by atoms with Gasteiger partial charge in [-0.05, 0) is 41.8 Å². The second kappa shape index (κ2) is 6.10. The summed E-state index contributed by atoms with van der Waals surface area (Å²) < 4.78 is 13.7. The monoisotopic (exact) mass is 317 g/mol. The third-order valence-corrected chi connectivity index (χ3v) is 3.90. The maximum atomic E-state index is 13.7. The fourth-order valence-corrected chi connectivity index (χ4v) is 2.50. The average molecular weight is 319 g/mol. The lowest BCUT2D eigenvalue weighted by Crippen LogP contribution is -2.14. The van der Waals surface area contributed by atoms with Gasteiger partial charge in [0.25, 0.3) is 0 Å². The lowest BCUT2D eigenvalue weighted by Gasteiger charge is -2.15. The highest BCUT2D eigenvalue weighted by atomic mass is 35.5. The van der Waals surface area contributed by atoms with Crippen LogP contribution in [0.1, 0.15) is 17.2 Å². The maximum Gasteiger partial charge on any atom is 0.126 e. The summed E-state index contributed by atoms with van der Waals surface area (Å²) in [5.41, 5.74) is 7.21. The Morgan fingerprint density at radius 2 is 1.84 bits per heavy atom. The molecule has 0 saturated heterocycles. The van der Waals surface area contributed by atoms with Crippen molar-refractivity contribution in [1.82, 2.24) is 0 Å². The van der Waals surface area contributed by atoms with Gasteiger partial charge >= 0.3 is 0 Å². The van der Waals surface area contributed by atoms with Crippen LogP contribution >= 0.6 is 34.8 Å². The summed E-state index contributed by atoms with van der Waals surface area (Å²) in [7, 11) is 0. The number of benzene rings is 2. The van der Waals surface area contributed by atoms with Gasteiger partial charge in [0, 0.05) is 11.1 Å². The smallest absolute Gasteiger partial charge is 0.126 e. The number of hydrogen-bond acceptors (Lipinski definition) is 1. The fraction of sp³-hybridized carbons (Fsp3) is 0.143.